The van der Waals surface area contributed by atoms with Crippen LogP contribution in [0.1, 0.15) is 194 Å². The fourth-order valence-electron chi connectivity index (χ4n) is 5.94. The van der Waals surface area contributed by atoms with Gasteiger partial charge in [0.2, 0.25) is 0 Å². The number of esters is 2. The van der Waals surface area contributed by atoms with E-state index >= 15 is 0 Å². The molecule has 0 bridgehead atoms. The minimum atomic E-state index is -1.07. The van der Waals surface area contributed by atoms with Crippen LogP contribution in [0.15, 0.2) is 48.6 Å². The minimum Gasteiger partial charge on any atom is -0.463 e. The van der Waals surface area contributed by atoms with E-state index in [9.17, 15) is 24.9 Å². The van der Waals surface area contributed by atoms with Gasteiger partial charge < -0.3 is 24.8 Å². The summed E-state index contributed by atoms with van der Waals surface area (Å²) < 4.78 is 10.2. The molecule has 7 heteroatoms. The lowest BCUT2D eigenvalue weighted by molar-refractivity contribution is -0.152. The first kappa shape index (κ1) is 49.8. The van der Waals surface area contributed by atoms with Gasteiger partial charge in [-0.2, -0.15) is 0 Å². The van der Waals surface area contributed by atoms with E-state index in [-0.39, 0.29) is 32.0 Å². The van der Waals surface area contributed by atoms with E-state index in [1.54, 1.807) is 0 Å². The molecule has 0 heterocycles. The van der Waals surface area contributed by atoms with Gasteiger partial charge in [-0.3, -0.25) is 9.59 Å². The molecule has 0 unspecified atom stereocenters. The number of carbonyl (C=O) groups excluding carboxylic acids is 2. The van der Waals surface area contributed by atoms with E-state index in [0.717, 1.165) is 44.9 Å². The first-order valence-electron chi connectivity index (χ1n) is 21.4. The second kappa shape index (κ2) is 40.0. The van der Waals surface area contributed by atoms with Crippen molar-refractivity contribution in [1.82, 2.24) is 0 Å². The molecule has 302 valence electrons. The summed E-state index contributed by atoms with van der Waals surface area (Å²) in [5.74, 6) is -0.838. The van der Waals surface area contributed by atoms with Gasteiger partial charge in [-0.05, 0) is 51.4 Å². The molecule has 7 nitrogen and oxygen atoms in total. The van der Waals surface area contributed by atoms with Gasteiger partial charge in [-0.15, -0.1) is 0 Å². The van der Waals surface area contributed by atoms with Crippen LogP contribution in [0.25, 0.3) is 0 Å². The molecule has 0 aromatic heterocycles. The largest absolute Gasteiger partial charge is 0.463 e. The highest BCUT2D eigenvalue weighted by molar-refractivity contribution is 5.69. The van der Waals surface area contributed by atoms with Gasteiger partial charge in [0.25, 0.3) is 0 Å². The van der Waals surface area contributed by atoms with Gasteiger partial charge >= 0.3 is 11.9 Å². The predicted molar refractivity (Wildman–Crippen MR) is 217 cm³/mol. The summed E-state index contributed by atoms with van der Waals surface area (Å²) in [4.78, 5) is 24.0. The van der Waals surface area contributed by atoms with Crippen molar-refractivity contribution in [2.45, 2.75) is 212 Å². The molecular weight excluding hydrogens is 652 g/mol. The first-order chi connectivity index (χ1) is 25.4. The Bertz CT molecular complexity index is 909. The maximum atomic E-state index is 12.0. The summed E-state index contributed by atoms with van der Waals surface area (Å²) in [6.45, 7) is 3.95. The molecule has 0 aliphatic heterocycles. The monoisotopic (exact) mass is 733 g/mol. The maximum absolute atomic E-state index is 12.0. The Morgan fingerprint density at radius 3 is 1.25 bits per heavy atom. The molecule has 3 atom stereocenters. The third-order valence-electron chi connectivity index (χ3n) is 9.28. The van der Waals surface area contributed by atoms with E-state index in [2.05, 4.69) is 50.3 Å². The van der Waals surface area contributed by atoms with Crippen molar-refractivity contribution in [2.75, 3.05) is 13.2 Å². The van der Waals surface area contributed by atoms with Gasteiger partial charge in [0.05, 0.1) is 12.2 Å². The van der Waals surface area contributed by atoms with Crippen LogP contribution in [0.2, 0.25) is 0 Å². The Balaban J connectivity index is 3.62. The number of hydrogen-bond acceptors (Lipinski definition) is 7. The van der Waals surface area contributed by atoms with Crippen molar-refractivity contribution in [3.8, 4) is 0 Å². The lowest BCUT2D eigenvalue weighted by Crippen LogP contribution is -2.26. The van der Waals surface area contributed by atoms with Crippen molar-refractivity contribution < 1.29 is 34.4 Å². The zero-order valence-electron chi connectivity index (χ0n) is 33.5. The molecule has 0 aliphatic carbocycles. The Morgan fingerprint density at radius 1 is 0.462 bits per heavy atom. The van der Waals surface area contributed by atoms with Crippen LogP contribution in [0, 0.1) is 0 Å². The van der Waals surface area contributed by atoms with Crippen LogP contribution in [0.3, 0.4) is 0 Å². The topological polar surface area (TPSA) is 113 Å². The molecule has 0 radical (unpaired) electrons. The molecule has 0 fully saturated rings. The minimum absolute atomic E-state index is 0.0691. The van der Waals surface area contributed by atoms with Crippen molar-refractivity contribution >= 4 is 11.9 Å². The molecule has 3 N–H and O–H groups in total. The summed E-state index contributed by atoms with van der Waals surface area (Å²) in [6.07, 6.45) is 43.6. The Labute approximate surface area is 319 Å². The Morgan fingerprint density at radius 2 is 0.827 bits per heavy atom. The molecule has 0 aliphatic rings. The average molecular weight is 733 g/mol. The Kier molecular flexibility index (Phi) is 38.3. The fourth-order valence-corrected chi connectivity index (χ4v) is 5.94. The second-order valence-electron chi connectivity index (χ2n) is 14.4. The third kappa shape index (κ3) is 37.5. The van der Waals surface area contributed by atoms with E-state index < -0.39 is 24.3 Å². The highest BCUT2D eigenvalue weighted by atomic mass is 16.6. The molecule has 0 aromatic carbocycles. The van der Waals surface area contributed by atoms with Crippen LogP contribution >= 0.6 is 0 Å². The van der Waals surface area contributed by atoms with Gasteiger partial charge in [0, 0.05) is 12.8 Å². The first-order valence-corrected chi connectivity index (χ1v) is 21.4. The molecular formula is C45H80O7. The standard InChI is InChI=1S/C45H80O7/c1-3-5-7-9-11-13-15-17-18-19-20-21-22-23-25-27-29-31-33-37-44(49)51-39-41(46)40-52-45(50)38-34-36-43(48)42(47)35-32-30-28-26-24-16-14-12-10-8-6-4-2/h6,8,12,14,24,26,30,32,41-43,46-48H,3-5,7,9-11,13,15-23,25,27-29,31,33-40H2,1-2H3/b8-6-,14-12-,26-24-,32-30-/t41-,42-,43-/m0/s1. The number of unbranched alkanes of at least 4 members (excludes halogenated alkanes) is 18. The number of hydrogen-bond donors (Lipinski definition) is 3. The highest BCUT2D eigenvalue weighted by Crippen LogP contribution is 2.15. The molecule has 52 heavy (non-hydrogen) atoms. The lowest BCUT2D eigenvalue weighted by atomic mass is 10.0. The summed E-state index contributed by atoms with van der Waals surface area (Å²) in [6, 6.07) is 0. The average Bonchev–Trinajstić information content (AvgIpc) is 3.14. The number of aliphatic hydroxyl groups is 3. The summed E-state index contributed by atoms with van der Waals surface area (Å²) in [7, 11) is 0. The number of rotatable bonds is 38. The second-order valence-corrected chi connectivity index (χ2v) is 14.4. The normalized spacial score (nSPS) is 13.9. The molecule has 0 saturated heterocycles. The maximum Gasteiger partial charge on any atom is 0.305 e. The third-order valence-corrected chi connectivity index (χ3v) is 9.28. The summed E-state index contributed by atoms with van der Waals surface area (Å²) in [5, 5.41) is 30.4. The van der Waals surface area contributed by atoms with E-state index in [1.165, 1.54) is 103 Å². The number of carbonyl (C=O) groups is 2. The van der Waals surface area contributed by atoms with Crippen molar-refractivity contribution in [2.24, 2.45) is 0 Å². The summed E-state index contributed by atoms with van der Waals surface area (Å²) >= 11 is 0. The van der Waals surface area contributed by atoms with Crippen LogP contribution in [-0.2, 0) is 19.1 Å². The molecule has 0 spiro atoms. The number of aliphatic hydroxyl groups excluding tert-OH is 3. The van der Waals surface area contributed by atoms with Crippen LogP contribution in [0.5, 0.6) is 0 Å². The van der Waals surface area contributed by atoms with E-state index in [4.69, 9.17) is 9.47 Å². The highest BCUT2D eigenvalue weighted by Gasteiger charge is 2.16. The molecule has 0 amide bonds. The van der Waals surface area contributed by atoms with Gasteiger partial charge in [0.15, 0.2) is 0 Å². The van der Waals surface area contributed by atoms with Crippen LogP contribution in [0.4, 0.5) is 0 Å². The van der Waals surface area contributed by atoms with Crippen LogP contribution < -0.4 is 0 Å². The number of allylic oxidation sites excluding steroid dienone is 7. The lowest BCUT2D eigenvalue weighted by Gasteiger charge is -2.16. The van der Waals surface area contributed by atoms with Crippen molar-refractivity contribution in [3.63, 3.8) is 0 Å². The summed E-state index contributed by atoms with van der Waals surface area (Å²) in [5.41, 5.74) is 0. The quantitative estimate of drug-likeness (QED) is 0.0329. The number of ether oxygens (including phenoxy) is 2. The molecule has 0 rings (SSSR count). The SMILES string of the molecule is CC/C=C\C/C=C\C/C=C\C/C=C\C[C@H](O)[C@@H](O)CCCC(=O)OC[C@@H](O)COC(=O)CCCCCCCCCCCCCCCCCCCCC. The fraction of sp³-hybridized carbons (Fsp3) is 0.778. The molecule has 0 saturated carbocycles. The van der Waals surface area contributed by atoms with E-state index in [0.29, 0.717) is 19.3 Å². The van der Waals surface area contributed by atoms with Crippen molar-refractivity contribution in [3.05, 3.63) is 48.6 Å². The van der Waals surface area contributed by atoms with Crippen LogP contribution in [-0.4, -0.2) is 58.8 Å². The molecule has 0 aromatic rings. The van der Waals surface area contributed by atoms with Gasteiger partial charge in [-0.1, -0.05) is 178 Å². The van der Waals surface area contributed by atoms with Crippen molar-refractivity contribution in [1.29, 1.82) is 0 Å². The smallest absolute Gasteiger partial charge is 0.305 e. The van der Waals surface area contributed by atoms with Gasteiger partial charge in [0.1, 0.15) is 19.3 Å². The van der Waals surface area contributed by atoms with Gasteiger partial charge in [-0.25, -0.2) is 0 Å². The predicted octanol–water partition coefficient (Wildman–Crippen LogP) is 11.3. The zero-order valence-corrected chi connectivity index (χ0v) is 33.5. The van der Waals surface area contributed by atoms with E-state index in [1.807, 2.05) is 12.2 Å². The Hall–Kier alpha value is -2.22. The zero-order chi connectivity index (χ0) is 38.2.